The van der Waals surface area contributed by atoms with Crippen molar-refractivity contribution in [1.82, 2.24) is 19.1 Å². The van der Waals surface area contributed by atoms with Crippen LogP contribution in [0.3, 0.4) is 0 Å². The summed E-state index contributed by atoms with van der Waals surface area (Å²) in [5, 5.41) is 5.17. The lowest BCUT2D eigenvalue weighted by molar-refractivity contribution is 0.590. The maximum Gasteiger partial charge on any atom is 0.0724 e. The first kappa shape index (κ1) is 37.7. The van der Waals surface area contributed by atoms with E-state index < -0.39 is 0 Å². The van der Waals surface area contributed by atoms with Crippen molar-refractivity contribution in [3.63, 3.8) is 0 Å². The van der Waals surface area contributed by atoms with Crippen LogP contribution in [0.1, 0.15) is 123 Å². The first-order chi connectivity index (χ1) is 26.9. The molecule has 8 aromatic rings. The van der Waals surface area contributed by atoms with Crippen molar-refractivity contribution in [1.29, 1.82) is 0 Å². The summed E-state index contributed by atoms with van der Waals surface area (Å²) in [4.78, 5) is 9.58. The van der Waals surface area contributed by atoms with Crippen LogP contribution in [0.25, 0.3) is 66.1 Å². The third-order valence-corrected chi connectivity index (χ3v) is 12.1. The molecule has 0 radical (unpaired) electrons. The molecule has 1 unspecified atom stereocenters. The number of nitrogens with zero attached hydrogens (tertiary/aromatic N) is 4. The van der Waals surface area contributed by atoms with Gasteiger partial charge in [-0.15, -0.1) is 0 Å². The second-order valence-corrected chi connectivity index (χ2v) is 18.2. The van der Waals surface area contributed by atoms with Crippen molar-refractivity contribution in [2.45, 2.75) is 118 Å². The van der Waals surface area contributed by atoms with Crippen molar-refractivity contribution in [2.24, 2.45) is 0 Å². The summed E-state index contributed by atoms with van der Waals surface area (Å²) in [6, 6.07) is 32.8. The number of aromatic nitrogens is 4. The molecule has 8 rings (SSSR count). The Morgan fingerprint density at radius 2 is 1.02 bits per heavy atom. The third-order valence-electron chi connectivity index (χ3n) is 12.1. The maximum absolute atomic E-state index is 4.79. The van der Waals surface area contributed by atoms with E-state index >= 15 is 0 Å². The topological polar surface area (TPSA) is 35.6 Å². The van der Waals surface area contributed by atoms with Gasteiger partial charge in [-0.25, -0.2) is 0 Å². The average Bonchev–Trinajstić information content (AvgIpc) is 3.68. The molecule has 0 amide bonds. The molecule has 0 aliphatic heterocycles. The summed E-state index contributed by atoms with van der Waals surface area (Å²) < 4.78 is 4.89. The smallest absolute Gasteiger partial charge is 0.0724 e. The Labute approximate surface area is 333 Å². The number of rotatable bonds is 10. The molecule has 0 saturated carbocycles. The van der Waals surface area contributed by atoms with Gasteiger partial charge in [0.1, 0.15) is 0 Å². The molecule has 4 aromatic carbocycles. The summed E-state index contributed by atoms with van der Waals surface area (Å²) in [6.07, 6.45) is 15.1. The van der Waals surface area contributed by atoms with Gasteiger partial charge in [0.25, 0.3) is 0 Å². The highest BCUT2D eigenvalue weighted by Gasteiger charge is 2.24. The largest absolute Gasteiger partial charge is 0.307 e. The van der Waals surface area contributed by atoms with Crippen molar-refractivity contribution in [2.75, 3.05) is 0 Å². The first-order valence-corrected chi connectivity index (χ1v) is 20.9. The summed E-state index contributed by atoms with van der Waals surface area (Å²) in [5.74, 6) is 0.508. The molecule has 0 aliphatic carbocycles. The molecule has 0 aliphatic rings. The van der Waals surface area contributed by atoms with E-state index in [4.69, 9.17) is 9.97 Å². The number of hydrogen-bond acceptors (Lipinski definition) is 2. The number of pyridine rings is 2. The first-order valence-electron chi connectivity index (χ1n) is 20.9. The number of aryl methyl sites for hydroxylation is 1. The Hall–Kier alpha value is -5.22. The molecule has 4 nitrogen and oxygen atoms in total. The van der Waals surface area contributed by atoms with E-state index in [9.17, 15) is 0 Å². The van der Waals surface area contributed by atoms with Gasteiger partial charge in [-0.3, -0.25) is 9.97 Å². The van der Waals surface area contributed by atoms with Crippen LogP contribution < -0.4 is 0 Å². The van der Waals surface area contributed by atoms with Gasteiger partial charge in [0.05, 0.1) is 45.8 Å². The normalized spacial score (nSPS) is 13.1. The minimum absolute atomic E-state index is 0.0308. The number of benzene rings is 4. The molecule has 0 spiro atoms. The van der Waals surface area contributed by atoms with E-state index in [1.165, 1.54) is 98.0 Å². The average molecular weight is 739 g/mol. The number of hydrogen-bond donors (Lipinski definition) is 0. The molecule has 0 N–H and O–H groups in total. The second kappa shape index (κ2) is 14.7. The quantitative estimate of drug-likeness (QED) is 0.131. The van der Waals surface area contributed by atoms with Crippen LogP contribution in [0.15, 0.2) is 110 Å². The molecule has 56 heavy (non-hydrogen) atoms. The minimum Gasteiger partial charge on any atom is -0.307 e. The molecular weight excluding hydrogens is 681 g/mol. The minimum atomic E-state index is 0.0308. The Balaban J connectivity index is 1.38. The zero-order chi connectivity index (χ0) is 39.4. The van der Waals surface area contributed by atoms with Gasteiger partial charge in [0.15, 0.2) is 0 Å². The predicted octanol–water partition coefficient (Wildman–Crippen LogP) is 14.6. The summed E-state index contributed by atoms with van der Waals surface area (Å²) in [6.45, 7) is 20.7. The highest BCUT2D eigenvalue weighted by Crippen LogP contribution is 2.42. The Morgan fingerprint density at radius 3 is 1.52 bits per heavy atom. The molecule has 0 saturated heterocycles. The molecule has 4 aromatic heterocycles. The van der Waals surface area contributed by atoms with E-state index in [0.29, 0.717) is 5.92 Å². The van der Waals surface area contributed by atoms with Crippen LogP contribution in [0.4, 0.5) is 0 Å². The summed E-state index contributed by atoms with van der Waals surface area (Å²) in [5.41, 5.74) is 14.7. The molecule has 0 bridgehead atoms. The van der Waals surface area contributed by atoms with Crippen molar-refractivity contribution >= 4 is 43.6 Å². The van der Waals surface area contributed by atoms with Crippen LogP contribution in [-0.2, 0) is 17.3 Å². The van der Waals surface area contributed by atoms with Gasteiger partial charge in [-0.05, 0) is 119 Å². The monoisotopic (exact) mass is 738 g/mol. The predicted molar refractivity (Wildman–Crippen MR) is 240 cm³/mol. The van der Waals surface area contributed by atoms with E-state index in [1.807, 2.05) is 18.6 Å². The van der Waals surface area contributed by atoms with Crippen molar-refractivity contribution in [3.8, 4) is 22.5 Å². The van der Waals surface area contributed by atoms with E-state index in [-0.39, 0.29) is 10.8 Å². The molecule has 0 fully saturated rings. The Morgan fingerprint density at radius 1 is 0.536 bits per heavy atom. The lowest BCUT2D eigenvalue weighted by Crippen LogP contribution is -2.10. The van der Waals surface area contributed by atoms with E-state index in [0.717, 1.165) is 28.9 Å². The van der Waals surface area contributed by atoms with Crippen LogP contribution in [0.2, 0.25) is 0 Å². The van der Waals surface area contributed by atoms with Crippen molar-refractivity contribution in [3.05, 3.63) is 132 Å². The van der Waals surface area contributed by atoms with Gasteiger partial charge in [-0.1, -0.05) is 106 Å². The lowest BCUT2D eigenvalue weighted by atomic mass is 9.85. The van der Waals surface area contributed by atoms with Gasteiger partial charge in [-0.2, -0.15) is 0 Å². The Kier molecular flexibility index (Phi) is 9.89. The Bertz CT molecular complexity index is 2640. The number of fused-ring (bicyclic) bond motifs is 6. The van der Waals surface area contributed by atoms with Gasteiger partial charge >= 0.3 is 0 Å². The molecule has 286 valence electrons. The SMILES string of the molecule is CCCCCc1ccc2c(c1)c1cc(C(C)CCC)ccc1n2-c1cnccc1-c1ccncc1-n1c2ccc(C(C)(C)C)cc2c2cc(C(C)(C)C)ccc21. The van der Waals surface area contributed by atoms with Crippen LogP contribution in [0.5, 0.6) is 0 Å². The fourth-order valence-electron chi connectivity index (χ4n) is 8.79. The molecule has 4 heterocycles. The zero-order valence-electron chi connectivity index (χ0n) is 35.0. The molecular formula is C52H58N4. The fourth-order valence-corrected chi connectivity index (χ4v) is 8.79. The van der Waals surface area contributed by atoms with Crippen molar-refractivity contribution < 1.29 is 0 Å². The van der Waals surface area contributed by atoms with Crippen LogP contribution in [-0.4, -0.2) is 19.1 Å². The van der Waals surface area contributed by atoms with E-state index in [2.05, 4.69) is 163 Å². The summed E-state index contributed by atoms with van der Waals surface area (Å²) in [7, 11) is 0. The lowest BCUT2D eigenvalue weighted by Gasteiger charge is -2.20. The van der Waals surface area contributed by atoms with Gasteiger partial charge in [0.2, 0.25) is 0 Å². The van der Waals surface area contributed by atoms with Crippen LogP contribution >= 0.6 is 0 Å². The highest BCUT2D eigenvalue weighted by atomic mass is 15.0. The molecule has 4 heteroatoms. The summed E-state index contributed by atoms with van der Waals surface area (Å²) >= 11 is 0. The highest BCUT2D eigenvalue weighted by molar-refractivity contribution is 6.12. The standard InChI is InChI=1S/C52H58N4/c1-10-12-13-15-35-16-20-45-41(28-35)42-29-36(34(3)14-11-2)17-21-46(42)55(45)49-32-53-26-24-39(49)40-25-27-54-33-50(40)56-47-22-18-37(51(4,5)6)30-43(47)44-31-38(52(7,8)9)19-23-48(44)56/h16-34H,10-15H2,1-9H3. The maximum atomic E-state index is 4.79. The van der Waals surface area contributed by atoms with Crippen LogP contribution in [0, 0.1) is 0 Å². The van der Waals surface area contributed by atoms with Gasteiger partial charge in [0, 0.05) is 45.1 Å². The second-order valence-electron chi connectivity index (χ2n) is 18.2. The zero-order valence-corrected chi connectivity index (χ0v) is 35.0. The third kappa shape index (κ3) is 6.71. The van der Waals surface area contributed by atoms with Gasteiger partial charge < -0.3 is 9.13 Å². The molecule has 1 atom stereocenters. The fraction of sp³-hybridized carbons (Fsp3) is 0.346. The van der Waals surface area contributed by atoms with E-state index in [1.54, 1.807) is 0 Å². The number of unbranched alkanes of at least 4 members (excludes halogenated alkanes) is 2.